The van der Waals surface area contributed by atoms with Gasteiger partial charge in [0, 0.05) is 0 Å². The largest absolute Gasteiger partial charge is 4.00 e. The van der Waals surface area contributed by atoms with Crippen LogP contribution in [-0.2, 0) is 55.2 Å². The molecule has 0 heterocycles. The molecule has 2 N–H and O–H groups in total. The topological polar surface area (TPSA) is 117 Å². The minimum Gasteiger partial charge on any atom is -2.00 e. The summed E-state index contributed by atoms with van der Waals surface area (Å²) in [6, 6.07) is 0. The molecule has 0 spiro atoms. The van der Waals surface area contributed by atoms with E-state index in [0.717, 1.165) is 0 Å². The maximum absolute atomic E-state index is 0. The molecule has 6 heavy (non-hydrogen) atoms. The van der Waals surface area contributed by atoms with Crippen LogP contribution in [0.5, 0.6) is 0 Å². The molecular weight excluding hydrogens is 167 g/mol. The molecule has 0 unspecified atom stereocenters. The molecule has 0 fully saturated rings. The molecule has 0 aromatic carbocycles. The summed E-state index contributed by atoms with van der Waals surface area (Å²) < 4.78 is 0. The van der Waals surface area contributed by atoms with Crippen LogP contribution in [0.1, 0.15) is 0 Å². The van der Waals surface area contributed by atoms with Crippen molar-refractivity contribution in [3.05, 3.63) is 0 Å². The van der Waals surface area contributed by atoms with Gasteiger partial charge in [-0.1, -0.05) is 0 Å². The monoisotopic (exact) mass is 169 g/mol. The van der Waals surface area contributed by atoms with E-state index in [1.807, 2.05) is 0 Å². The number of hydrogen-bond acceptors (Lipinski definition) is 0. The van der Waals surface area contributed by atoms with E-state index in [1.54, 1.807) is 0 Å². The van der Waals surface area contributed by atoms with Gasteiger partial charge in [0.15, 0.2) is 0 Å². The Kier molecular flexibility index (Phi) is 5120. The molecule has 6 heteroatoms. The van der Waals surface area contributed by atoms with E-state index >= 15 is 0 Å². The summed E-state index contributed by atoms with van der Waals surface area (Å²) in [4.78, 5) is 0. The second-order valence-corrected chi connectivity index (χ2v) is 0. The van der Waals surface area contributed by atoms with E-state index in [0.29, 0.717) is 0 Å². The third kappa shape index (κ3) is 73.0. The van der Waals surface area contributed by atoms with Crippen LogP contribution in [0.25, 0.3) is 0 Å². The molecule has 37 valence electrons. The summed E-state index contributed by atoms with van der Waals surface area (Å²) >= 11 is 0. The van der Waals surface area contributed by atoms with Gasteiger partial charge >= 0.3 is 38.8 Å². The molecule has 0 aromatic heterocycles. The predicted molar refractivity (Wildman–Crippen MR) is 5.67 cm³/mol. The first-order chi connectivity index (χ1) is 0. The Bertz CT molecular complexity index is 7.51. The third-order valence-electron chi connectivity index (χ3n) is 0. The SMILES string of the molecule is O.[Mn+2].[O-2].[O-2].[O-2].[Ti+4]. The van der Waals surface area contributed by atoms with Crippen molar-refractivity contribution in [2.45, 2.75) is 0 Å². The summed E-state index contributed by atoms with van der Waals surface area (Å²) in [5.74, 6) is 0. The van der Waals surface area contributed by atoms with E-state index < -0.39 is 0 Å². The van der Waals surface area contributed by atoms with Crippen LogP contribution in [0.15, 0.2) is 0 Å². The molecule has 0 aliphatic rings. The van der Waals surface area contributed by atoms with E-state index in [2.05, 4.69) is 0 Å². The van der Waals surface area contributed by atoms with Crippen molar-refractivity contribution in [3.8, 4) is 0 Å². The first kappa shape index (κ1) is 226. The third-order valence-corrected chi connectivity index (χ3v) is 0. The molecule has 1 radical (unpaired) electrons. The Labute approximate surface area is 60.9 Å². The zero-order chi connectivity index (χ0) is 0. The molecule has 0 aromatic rings. The van der Waals surface area contributed by atoms with Crippen LogP contribution in [0.2, 0.25) is 0 Å². The quantitative estimate of drug-likeness (QED) is 0.405. The number of rotatable bonds is 0. The van der Waals surface area contributed by atoms with Gasteiger partial charge in [-0.2, -0.15) is 0 Å². The standard InChI is InChI=1S/Mn.H2O.3O.Ti/h;1H2;;;;/q+2;;3*-2;+4. The zero-order valence-electron chi connectivity index (χ0n) is 2.60. The molecule has 0 bridgehead atoms. The van der Waals surface area contributed by atoms with Crippen molar-refractivity contribution in [3.63, 3.8) is 0 Å². The van der Waals surface area contributed by atoms with Gasteiger partial charge in [-0.3, -0.25) is 0 Å². The fourth-order valence-corrected chi connectivity index (χ4v) is 0. The maximum atomic E-state index is 0. The van der Waals surface area contributed by atoms with Gasteiger partial charge in [0.1, 0.15) is 0 Å². The smallest absolute Gasteiger partial charge is 2.00 e. The fraction of sp³-hybridized carbons (Fsp3) is 0. The Morgan fingerprint density at radius 1 is 0.667 bits per heavy atom. The molecule has 0 amide bonds. The van der Waals surface area contributed by atoms with Crippen LogP contribution in [-0.4, -0.2) is 5.48 Å². The van der Waals surface area contributed by atoms with Gasteiger partial charge in [0.05, 0.1) is 0 Å². The van der Waals surface area contributed by atoms with Crippen molar-refractivity contribution in [2.24, 2.45) is 0 Å². The zero-order valence-corrected chi connectivity index (χ0v) is 5.34. The van der Waals surface area contributed by atoms with Crippen molar-refractivity contribution in [1.82, 2.24) is 0 Å². The molecule has 4 nitrogen and oxygen atoms in total. The average molecular weight is 169 g/mol. The van der Waals surface area contributed by atoms with Crippen LogP contribution in [0, 0.1) is 0 Å². The van der Waals surface area contributed by atoms with Gasteiger partial charge in [-0.25, -0.2) is 0 Å². The Morgan fingerprint density at radius 3 is 0.667 bits per heavy atom. The van der Waals surface area contributed by atoms with E-state index in [4.69, 9.17) is 0 Å². The van der Waals surface area contributed by atoms with Gasteiger partial charge in [-0.15, -0.1) is 0 Å². The number of hydrogen-bond donors (Lipinski definition) is 0. The average Bonchev–Trinajstić information content (AvgIpc) is 0. The van der Waals surface area contributed by atoms with Crippen LogP contribution in [0.3, 0.4) is 0 Å². The molecule has 0 atom stereocenters. The van der Waals surface area contributed by atoms with Crippen molar-refractivity contribution >= 4 is 0 Å². The normalized spacial score (nSPS) is 0. The summed E-state index contributed by atoms with van der Waals surface area (Å²) in [5.41, 5.74) is 0. The van der Waals surface area contributed by atoms with E-state index in [-0.39, 0.29) is 60.7 Å². The molecule has 0 saturated carbocycles. The maximum Gasteiger partial charge on any atom is 4.00 e. The summed E-state index contributed by atoms with van der Waals surface area (Å²) in [7, 11) is 0. The van der Waals surface area contributed by atoms with Gasteiger partial charge in [-0.05, 0) is 0 Å². The summed E-state index contributed by atoms with van der Waals surface area (Å²) in [6.07, 6.45) is 0. The van der Waals surface area contributed by atoms with Gasteiger partial charge in [0.2, 0.25) is 0 Å². The van der Waals surface area contributed by atoms with Crippen LogP contribution < -0.4 is 0 Å². The van der Waals surface area contributed by atoms with E-state index in [1.165, 1.54) is 0 Å². The van der Waals surface area contributed by atoms with Crippen LogP contribution >= 0.6 is 0 Å². The Hall–Kier alpha value is 1.07. The minimum absolute atomic E-state index is 0. The molecule has 0 aliphatic heterocycles. The van der Waals surface area contributed by atoms with Crippen LogP contribution in [0.4, 0.5) is 0 Å². The Balaban J connectivity index is 0. The minimum atomic E-state index is 0. The first-order valence-corrected chi connectivity index (χ1v) is 0. The van der Waals surface area contributed by atoms with E-state index in [9.17, 15) is 0 Å². The van der Waals surface area contributed by atoms with Gasteiger partial charge < -0.3 is 21.9 Å². The van der Waals surface area contributed by atoms with Crippen molar-refractivity contribution < 1.29 is 60.7 Å². The van der Waals surface area contributed by atoms with Crippen molar-refractivity contribution in [2.75, 3.05) is 0 Å². The molecule has 0 rings (SSSR count). The van der Waals surface area contributed by atoms with Gasteiger partial charge in [0.25, 0.3) is 0 Å². The summed E-state index contributed by atoms with van der Waals surface area (Å²) in [5, 5.41) is 0. The second-order valence-electron chi connectivity index (χ2n) is 0. The Morgan fingerprint density at radius 2 is 0.667 bits per heavy atom. The molecule has 0 saturated heterocycles. The predicted octanol–water partition coefficient (Wildman–Crippen LogP) is -1.19. The summed E-state index contributed by atoms with van der Waals surface area (Å²) in [6.45, 7) is 0. The first-order valence-electron chi connectivity index (χ1n) is 0. The second kappa shape index (κ2) is 136. The van der Waals surface area contributed by atoms with Crippen molar-refractivity contribution in [1.29, 1.82) is 0 Å². The molecular formula is H2MnO4Ti. The fourth-order valence-electron chi connectivity index (χ4n) is 0. The molecule has 0 aliphatic carbocycles.